The molecule has 0 radical (unpaired) electrons. The Morgan fingerprint density at radius 2 is 1.95 bits per heavy atom. The van der Waals surface area contributed by atoms with Crippen molar-refractivity contribution in [2.24, 2.45) is 11.8 Å². The van der Waals surface area contributed by atoms with Crippen LogP contribution in [0.3, 0.4) is 0 Å². The number of nitrogens with one attached hydrogen (secondary N) is 1. The molecule has 3 nitrogen and oxygen atoms in total. The smallest absolute Gasteiger partial charge is 0.0897 e. The molecule has 122 valence electrons. The summed E-state index contributed by atoms with van der Waals surface area (Å²) in [5, 5.41) is 13.2. The number of rotatable bonds is 14. The van der Waals surface area contributed by atoms with Crippen molar-refractivity contribution >= 4 is 11.8 Å². The van der Waals surface area contributed by atoms with Crippen LogP contribution in [0.2, 0.25) is 0 Å². The lowest BCUT2D eigenvalue weighted by atomic mass is 10.0. The number of thioether (sulfide) groups is 1. The Morgan fingerprint density at radius 1 is 1.20 bits per heavy atom. The molecular weight excluding hydrogens is 270 g/mol. The second-order valence-corrected chi connectivity index (χ2v) is 6.74. The van der Waals surface area contributed by atoms with Crippen molar-refractivity contribution in [2.45, 2.75) is 52.6 Å². The summed E-state index contributed by atoms with van der Waals surface area (Å²) >= 11 is 1.87. The van der Waals surface area contributed by atoms with Gasteiger partial charge in [0.25, 0.3) is 0 Å². The SMILES string of the molecule is CCCCC(CC)COCC(O)CNCC(C)CSC. The van der Waals surface area contributed by atoms with Crippen molar-refractivity contribution in [1.82, 2.24) is 5.32 Å². The lowest BCUT2D eigenvalue weighted by molar-refractivity contribution is 0.0192. The van der Waals surface area contributed by atoms with E-state index in [1.165, 1.54) is 25.7 Å². The molecule has 3 unspecified atom stereocenters. The van der Waals surface area contributed by atoms with E-state index in [0.29, 0.717) is 25.0 Å². The van der Waals surface area contributed by atoms with E-state index in [-0.39, 0.29) is 6.10 Å². The van der Waals surface area contributed by atoms with Gasteiger partial charge in [0.05, 0.1) is 12.7 Å². The minimum Gasteiger partial charge on any atom is -0.389 e. The molecule has 0 spiro atoms. The first kappa shape index (κ1) is 20.2. The molecule has 0 rings (SSSR count). The summed E-state index contributed by atoms with van der Waals surface area (Å²) in [4.78, 5) is 0. The van der Waals surface area contributed by atoms with Gasteiger partial charge in [-0.1, -0.05) is 40.0 Å². The zero-order valence-corrected chi connectivity index (χ0v) is 14.7. The summed E-state index contributed by atoms with van der Waals surface area (Å²) in [6.07, 6.45) is 6.67. The predicted octanol–water partition coefficient (Wildman–Crippen LogP) is 3.17. The third-order valence-corrected chi connectivity index (χ3v) is 4.43. The third kappa shape index (κ3) is 12.0. The number of hydrogen-bond donors (Lipinski definition) is 2. The first-order valence-corrected chi connectivity index (χ1v) is 9.48. The fourth-order valence-electron chi connectivity index (χ4n) is 2.17. The number of aliphatic hydroxyl groups excluding tert-OH is 1. The average Bonchev–Trinajstić information content (AvgIpc) is 2.43. The summed E-state index contributed by atoms with van der Waals surface area (Å²) < 4.78 is 5.66. The molecule has 2 N–H and O–H groups in total. The average molecular weight is 306 g/mol. The van der Waals surface area contributed by atoms with Gasteiger partial charge in [0, 0.05) is 13.2 Å². The molecule has 0 aliphatic carbocycles. The highest BCUT2D eigenvalue weighted by molar-refractivity contribution is 7.98. The summed E-state index contributed by atoms with van der Waals surface area (Å²) in [6.45, 7) is 9.50. The standard InChI is InChI=1S/C16H35NO2S/c1-5-7-8-15(6-2)11-19-12-16(18)10-17-9-14(3)13-20-4/h14-18H,5-13H2,1-4H3. The Kier molecular flexibility index (Phi) is 14.3. The number of aliphatic hydroxyl groups is 1. The van der Waals surface area contributed by atoms with Crippen LogP contribution in [0.25, 0.3) is 0 Å². The molecule has 0 saturated carbocycles. The quantitative estimate of drug-likeness (QED) is 0.517. The van der Waals surface area contributed by atoms with Gasteiger partial charge in [-0.2, -0.15) is 11.8 Å². The van der Waals surface area contributed by atoms with Crippen molar-refractivity contribution < 1.29 is 9.84 Å². The largest absolute Gasteiger partial charge is 0.389 e. The zero-order valence-electron chi connectivity index (χ0n) is 13.9. The van der Waals surface area contributed by atoms with Crippen LogP contribution in [0.1, 0.15) is 46.5 Å². The van der Waals surface area contributed by atoms with Gasteiger partial charge in [-0.05, 0) is 36.8 Å². The van der Waals surface area contributed by atoms with Gasteiger partial charge >= 0.3 is 0 Å². The Balaban J connectivity index is 3.54. The van der Waals surface area contributed by atoms with Gasteiger partial charge in [0.2, 0.25) is 0 Å². The minimum absolute atomic E-state index is 0.389. The molecule has 0 saturated heterocycles. The van der Waals surface area contributed by atoms with Gasteiger partial charge in [-0.3, -0.25) is 0 Å². The molecule has 4 heteroatoms. The predicted molar refractivity (Wildman–Crippen MR) is 90.5 cm³/mol. The first-order chi connectivity index (χ1) is 9.63. The van der Waals surface area contributed by atoms with Crippen LogP contribution in [0.5, 0.6) is 0 Å². The van der Waals surface area contributed by atoms with E-state index in [2.05, 4.69) is 32.3 Å². The first-order valence-electron chi connectivity index (χ1n) is 8.09. The van der Waals surface area contributed by atoms with Crippen LogP contribution < -0.4 is 5.32 Å². The lowest BCUT2D eigenvalue weighted by Crippen LogP contribution is -2.33. The molecule has 0 aromatic heterocycles. The van der Waals surface area contributed by atoms with Crippen LogP contribution in [0, 0.1) is 11.8 Å². The monoisotopic (exact) mass is 305 g/mol. The Hall–Kier alpha value is 0.230. The van der Waals surface area contributed by atoms with Crippen LogP contribution >= 0.6 is 11.8 Å². The molecule has 0 fully saturated rings. The normalized spacial score (nSPS) is 16.1. The van der Waals surface area contributed by atoms with E-state index in [0.717, 1.165) is 18.9 Å². The maximum Gasteiger partial charge on any atom is 0.0897 e. The topological polar surface area (TPSA) is 41.5 Å². The van der Waals surface area contributed by atoms with Gasteiger partial charge < -0.3 is 15.2 Å². The van der Waals surface area contributed by atoms with E-state index in [1.54, 1.807) is 0 Å². The van der Waals surface area contributed by atoms with E-state index in [4.69, 9.17) is 4.74 Å². The molecule has 0 aromatic carbocycles. The van der Waals surface area contributed by atoms with Gasteiger partial charge in [-0.15, -0.1) is 0 Å². The molecule has 0 aromatic rings. The zero-order chi connectivity index (χ0) is 15.2. The summed E-state index contributed by atoms with van der Waals surface area (Å²) in [6, 6.07) is 0. The number of ether oxygens (including phenoxy) is 1. The van der Waals surface area contributed by atoms with Crippen LogP contribution in [-0.2, 0) is 4.74 Å². The number of unbranched alkanes of at least 4 members (excludes halogenated alkanes) is 1. The van der Waals surface area contributed by atoms with Crippen molar-refractivity contribution in [3.05, 3.63) is 0 Å². The molecule has 3 atom stereocenters. The van der Waals surface area contributed by atoms with Crippen LogP contribution in [0.4, 0.5) is 0 Å². The summed E-state index contributed by atoms with van der Waals surface area (Å²) in [7, 11) is 0. The Bertz CT molecular complexity index is 205. The molecule has 0 heterocycles. The van der Waals surface area contributed by atoms with E-state index in [9.17, 15) is 5.11 Å². The van der Waals surface area contributed by atoms with Gasteiger partial charge in [0.15, 0.2) is 0 Å². The maximum absolute atomic E-state index is 9.86. The van der Waals surface area contributed by atoms with E-state index >= 15 is 0 Å². The van der Waals surface area contributed by atoms with Gasteiger partial charge in [-0.25, -0.2) is 0 Å². The summed E-state index contributed by atoms with van der Waals surface area (Å²) in [5.74, 6) is 2.46. The maximum atomic E-state index is 9.86. The molecule has 0 aliphatic heterocycles. The van der Waals surface area contributed by atoms with Gasteiger partial charge in [0.1, 0.15) is 0 Å². The van der Waals surface area contributed by atoms with Crippen LogP contribution in [0.15, 0.2) is 0 Å². The number of hydrogen-bond acceptors (Lipinski definition) is 4. The van der Waals surface area contributed by atoms with E-state index in [1.807, 2.05) is 11.8 Å². The van der Waals surface area contributed by atoms with Crippen LogP contribution in [-0.4, -0.2) is 49.5 Å². The van der Waals surface area contributed by atoms with Crippen molar-refractivity contribution in [1.29, 1.82) is 0 Å². The molecule has 0 bridgehead atoms. The van der Waals surface area contributed by atoms with Crippen molar-refractivity contribution in [3.8, 4) is 0 Å². The van der Waals surface area contributed by atoms with E-state index < -0.39 is 0 Å². The summed E-state index contributed by atoms with van der Waals surface area (Å²) in [5.41, 5.74) is 0. The Morgan fingerprint density at radius 3 is 2.55 bits per heavy atom. The Labute approximate surface area is 130 Å². The molecule has 20 heavy (non-hydrogen) atoms. The molecule has 0 amide bonds. The van der Waals surface area contributed by atoms with Crippen molar-refractivity contribution in [2.75, 3.05) is 38.3 Å². The molecule has 0 aliphatic rings. The molecular formula is C16H35NO2S. The fraction of sp³-hybridized carbons (Fsp3) is 1.00. The minimum atomic E-state index is -0.389. The second-order valence-electron chi connectivity index (χ2n) is 5.83. The highest BCUT2D eigenvalue weighted by Crippen LogP contribution is 2.12. The second kappa shape index (κ2) is 14.2. The van der Waals surface area contributed by atoms with Crippen molar-refractivity contribution in [3.63, 3.8) is 0 Å². The third-order valence-electron chi connectivity index (χ3n) is 3.53. The lowest BCUT2D eigenvalue weighted by Gasteiger charge is -2.18. The highest BCUT2D eigenvalue weighted by atomic mass is 32.2. The fourth-order valence-corrected chi connectivity index (χ4v) is 2.85. The highest BCUT2D eigenvalue weighted by Gasteiger charge is 2.09.